The summed E-state index contributed by atoms with van der Waals surface area (Å²) >= 11 is 11.9. The van der Waals surface area contributed by atoms with Gasteiger partial charge >= 0.3 is 0 Å². The van der Waals surface area contributed by atoms with Gasteiger partial charge in [-0.2, -0.15) is 0 Å². The van der Waals surface area contributed by atoms with Crippen LogP contribution in [-0.4, -0.2) is 7.11 Å². The van der Waals surface area contributed by atoms with Gasteiger partial charge in [0, 0.05) is 28.7 Å². The molecule has 0 unspecified atom stereocenters. The van der Waals surface area contributed by atoms with Gasteiger partial charge in [0.15, 0.2) is 0 Å². The summed E-state index contributed by atoms with van der Waals surface area (Å²) in [5.74, 6) is 1.30. The normalized spacial score (nSPS) is 10.3. The molecule has 0 atom stereocenters. The number of halogens is 2. The minimum Gasteiger partial charge on any atom is -0.496 e. The Bertz CT molecular complexity index is 558. The van der Waals surface area contributed by atoms with E-state index in [2.05, 4.69) is 5.32 Å². The van der Waals surface area contributed by atoms with E-state index in [0.29, 0.717) is 17.4 Å². The van der Waals surface area contributed by atoms with Gasteiger partial charge in [-0.3, -0.25) is 0 Å². The van der Waals surface area contributed by atoms with Crippen LogP contribution in [0.1, 0.15) is 11.1 Å². The molecule has 0 aliphatic heterocycles. The van der Waals surface area contributed by atoms with Crippen LogP contribution in [0.15, 0.2) is 42.5 Å². The number of para-hydroxylation sites is 1. The Balaban J connectivity index is 2.16. The lowest BCUT2D eigenvalue weighted by atomic mass is 10.1. The Labute approximate surface area is 123 Å². The second kappa shape index (κ2) is 6.69. The fraction of sp³-hybridized carbons (Fsp3) is 0.200. The number of benzene rings is 2. The number of alkyl halides is 1. The summed E-state index contributed by atoms with van der Waals surface area (Å²) in [6.07, 6.45) is 0. The Morgan fingerprint density at radius 3 is 2.63 bits per heavy atom. The summed E-state index contributed by atoms with van der Waals surface area (Å²) in [6, 6.07) is 13.6. The zero-order valence-electron chi connectivity index (χ0n) is 10.6. The van der Waals surface area contributed by atoms with Gasteiger partial charge in [-0.25, -0.2) is 0 Å². The van der Waals surface area contributed by atoms with E-state index in [9.17, 15) is 0 Å². The summed E-state index contributed by atoms with van der Waals surface area (Å²) in [6.45, 7) is 0.637. The quantitative estimate of drug-likeness (QED) is 0.807. The molecule has 2 rings (SSSR count). The lowest BCUT2D eigenvalue weighted by molar-refractivity contribution is 0.410. The van der Waals surface area contributed by atoms with Gasteiger partial charge in [0.05, 0.1) is 7.11 Å². The molecule has 0 spiro atoms. The molecule has 2 aromatic rings. The summed E-state index contributed by atoms with van der Waals surface area (Å²) in [5.41, 5.74) is 3.11. The van der Waals surface area contributed by atoms with Crippen molar-refractivity contribution in [1.82, 2.24) is 0 Å². The van der Waals surface area contributed by atoms with Gasteiger partial charge in [-0.15, -0.1) is 11.6 Å². The molecule has 0 amide bonds. The number of hydrogen-bond donors (Lipinski definition) is 1. The highest BCUT2D eigenvalue weighted by Gasteiger charge is 2.05. The van der Waals surface area contributed by atoms with Crippen LogP contribution in [-0.2, 0) is 12.4 Å². The lowest BCUT2D eigenvalue weighted by Gasteiger charge is -2.13. The minimum absolute atomic E-state index is 0.482. The predicted octanol–water partition coefficient (Wildman–Crippen LogP) is 4.70. The average molecular weight is 296 g/mol. The Morgan fingerprint density at radius 2 is 1.89 bits per heavy atom. The minimum atomic E-state index is 0.482. The van der Waals surface area contributed by atoms with Gasteiger partial charge in [-0.05, 0) is 29.8 Å². The van der Waals surface area contributed by atoms with Crippen LogP contribution in [0.2, 0.25) is 5.02 Å². The molecule has 100 valence electrons. The number of methoxy groups -OCH3 is 1. The third-order valence-electron chi connectivity index (χ3n) is 2.87. The number of rotatable bonds is 5. The van der Waals surface area contributed by atoms with Crippen molar-refractivity contribution in [3.8, 4) is 5.75 Å². The molecule has 4 heteroatoms. The largest absolute Gasteiger partial charge is 0.496 e. The fourth-order valence-electron chi connectivity index (χ4n) is 1.89. The van der Waals surface area contributed by atoms with Crippen LogP contribution in [0.25, 0.3) is 0 Å². The van der Waals surface area contributed by atoms with Crippen molar-refractivity contribution >= 4 is 28.9 Å². The van der Waals surface area contributed by atoms with Crippen LogP contribution in [0.5, 0.6) is 5.75 Å². The standard InChI is InChI=1S/C15H15Cl2NO/c1-19-15-7-6-13(17)8-12(15)10-18-14-5-3-2-4-11(14)9-16/h2-8,18H,9-10H2,1H3. The molecular formula is C15H15Cl2NO. The molecule has 2 nitrogen and oxygen atoms in total. The molecule has 0 saturated carbocycles. The molecule has 0 aliphatic carbocycles. The molecular weight excluding hydrogens is 281 g/mol. The van der Waals surface area contributed by atoms with Crippen molar-refractivity contribution in [1.29, 1.82) is 0 Å². The van der Waals surface area contributed by atoms with Crippen molar-refractivity contribution in [2.45, 2.75) is 12.4 Å². The Morgan fingerprint density at radius 1 is 1.11 bits per heavy atom. The second-order valence-electron chi connectivity index (χ2n) is 4.10. The van der Waals surface area contributed by atoms with E-state index in [0.717, 1.165) is 22.6 Å². The van der Waals surface area contributed by atoms with Gasteiger partial charge in [0.25, 0.3) is 0 Å². The summed E-state index contributed by atoms with van der Waals surface area (Å²) < 4.78 is 5.32. The molecule has 0 fully saturated rings. The molecule has 1 N–H and O–H groups in total. The highest BCUT2D eigenvalue weighted by molar-refractivity contribution is 6.30. The van der Waals surface area contributed by atoms with Crippen molar-refractivity contribution in [3.63, 3.8) is 0 Å². The first-order chi connectivity index (χ1) is 9.24. The SMILES string of the molecule is COc1ccc(Cl)cc1CNc1ccccc1CCl. The maximum absolute atomic E-state index is 6.01. The smallest absolute Gasteiger partial charge is 0.123 e. The molecule has 0 aromatic heterocycles. The molecule has 0 heterocycles. The average Bonchev–Trinajstić information content (AvgIpc) is 2.45. The summed E-state index contributed by atoms with van der Waals surface area (Å²) in [4.78, 5) is 0. The monoisotopic (exact) mass is 295 g/mol. The van der Waals surface area contributed by atoms with E-state index in [-0.39, 0.29) is 0 Å². The first-order valence-electron chi connectivity index (χ1n) is 5.94. The Hall–Kier alpha value is -1.38. The van der Waals surface area contributed by atoms with Crippen molar-refractivity contribution in [2.24, 2.45) is 0 Å². The number of nitrogens with one attached hydrogen (secondary N) is 1. The van der Waals surface area contributed by atoms with Crippen LogP contribution in [0, 0.1) is 0 Å². The van der Waals surface area contributed by atoms with Gasteiger partial charge in [0.2, 0.25) is 0 Å². The molecule has 0 radical (unpaired) electrons. The highest BCUT2D eigenvalue weighted by atomic mass is 35.5. The van der Waals surface area contributed by atoms with Gasteiger partial charge in [0.1, 0.15) is 5.75 Å². The third kappa shape index (κ3) is 3.55. The van der Waals surface area contributed by atoms with Gasteiger partial charge in [-0.1, -0.05) is 29.8 Å². The lowest BCUT2D eigenvalue weighted by Crippen LogP contribution is -2.03. The molecule has 0 bridgehead atoms. The van der Waals surface area contributed by atoms with Crippen molar-refractivity contribution in [3.05, 3.63) is 58.6 Å². The van der Waals surface area contributed by atoms with Crippen LogP contribution < -0.4 is 10.1 Å². The number of ether oxygens (including phenoxy) is 1. The zero-order chi connectivity index (χ0) is 13.7. The van der Waals surface area contributed by atoms with E-state index >= 15 is 0 Å². The fourth-order valence-corrected chi connectivity index (χ4v) is 2.31. The summed E-state index contributed by atoms with van der Waals surface area (Å²) in [7, 11) is 1.65. The topological polar surface area (TPSA) is 21.3 Å². The third-order valence-corrected chi connectivity index (χ3v) is 3.40. The summed E-state index contributed by atoms with van der Waals surface area (Å²) in [5, 5.41) is 4.06. The predicted molar refractivity (Wildman–Crippen MR) is 81.3 cm³/mol. The van der Waals surface area contributed by atoms with Crippen LogP contribution >= 0.6 is 23.2 Å². The van der Waals surface area contributed by atoms with E-state index in [4.69, 9.17) is 27.9 Å². The van der Waals surface area contributed by atoms with E-state index in [1.807, 2.05) is 42.5 Å². The first kappa shape index (κ1) is 14.0. The van der Waals surface area contributed by atoms with Crippen LogP contribution in [0.4, 0.5) is 5.69 Å². The highest BCUT2D eigenvalue weighted by Crippen LogP contribution is 2.24. The van der Waals surface area contributed by atoms with Crippen molar-refractivity contribution in [2.75, 3.05) is 12.4 Å². The zero-order valence-corrected chi connectivity index (χ0v) is 12.1. The maximum atomic E-state index is 6.01. The second-order valence-corrected chi connectivity index (χ2v) is 4.80. The molecule has 0 aliphatic rings. The Kier molecular flexibility index (Phi) is 4.94. The van der Waals surface area contributed by atoms with Gasteiger partial charge < -0.3 is 10.1 Å². The van der Waals surface area contributed by atoms with Crippen molar-refractivity contribution < 1.29 is 4.74 Å². The van der Waals surface area contributed by atoms with E-state index in [1.54, 1.807) is 7.11 Å². The van der Waals surface area contributed by atoms with E-state index < -0.39 is 0 Å². The molecule has 2 aromatic carbocycles. The number of anilines is 1. The van der Waals surface area contributed by atoms with Crippen LogP contribution in [0.3, 0.4) is 0 Å². The number of hydrogen-bond acceptors (Lipinski definition) is 2. The molecule has 19 heavy (non-hydrogen) atoms. The van der Waals surface area contributed by atoms with E-state index in [1.165, 1.54) is 0 Å². The maximum Gasteiger partial charge on any atom is 0.123 e. The first-order valence-corrected chi connectivity index (χ1v) is 6.86. The molecule has 0 saturated heterocycles.